The van der Waals surface area contributed by atoms with E-state index in [-0.39, 0.29) is 0 Å². The van der Waals surface area contributed by atoms with Crippen LogP contribution in [0, 0.1) is 0 Å². The fraction of sp³-hybridized carbons (Fsp3) is 0.500. The van der Waals surface area contributed by atoms with Crippen LogP contribution in [0.5, 0.6) is 0 Å². The van der Waals surface area contributed by atoms with Crippen molar-refractivity contribution < 1.29 is 0 Å². The monoisotopic (exact) mass is 162 g/mol. The zero-order valence-electron chi connectivity index (χ0n) is 8.19. The van der Waals surface area contributed by atoms with Crippen molar-refractivity contribution in [1.29, 1.82) is 0 Å². The molecular weight excluding hydrogens is 144 g/mol. The van der Waals surface area contributed by atoms with Gasteiger partial charge in [0, 0.05) is 0 Å². The number of hydrogen-bond acceptors (Lipinski definition) is 0. The van der Waals surface area contributed by atoms with E-state index in [2.05, 4.69) is 18.7 Å². The molecule has 0 aliphatic heterocycles. The quantitative estimate of drug-likeness (QED) is 0.505. The normalized spacial score (nSPS) is 20.3. The van der Waals surface area contributed by atoms with Crippen LogP contribution in [0.4, 0.5) is 0 Å². The highest BCUT2D eigenvalue weighted by Gasteiger charge is 2.17. The van der Waals surface area contributed by atoms with Crippen molar-refractivity contribution in [2.45, 2.75) is 39.5 Å². The van der Waals surface area contributed by atoms with Crippen LogP contribution in [0.15, 0.2) is 35.5 Å². The Bertz CT molecular complexity index is 228. The molecule has 0 heteroatoms. The van der Waals surface area contributed by atoms with Crippen molar-refractivity contribution in [2.75, 3.05) is 0 Å². The highest BCUT2D eigenvalue weighted by molar-refractivity contribution is 5.51. The molecule has 0 saturated heterocycles. The summed E-state index contributed by atoms with van der Waals surface area (Å²) in [7, 11) is 0. The lowest BCUT2D eigenvalue weighted by atomic mass is 9.99. The van der Waals surface area contributed by atoms with Crippen LogP contribution < -0.4 is 0 Å². The first-order chi connectivity index (χ1) is 5.88. The average Bonchev–Trinajstić information content (AvgIpc) is 2.53. The molecule has 0 spiro atoms. The Balaban J connectivity index is 0.000000336. The van der Waals surface area contributed by atoms with Gasteiger partial charge in [-0.3, -0.25) is 0 Å². The number of allylic oxidation sites excluding steroid dienone is 5. The summed E-state index contributed by atoms with van der Waals surface area (Å²) in [4.78, 5) is 0. The minimum absolute atomic E-state index is 1.19. The Morgan fingerprint density at radius 2 is 1.75 bits per heavy atom. The lowest BCUT2D eigenvalue weighted by molar-refractivity contribution is 0.982. The molecule has 0 unspecified atom stereocenters. The van der Waals surface area contributed by atoms with E-state index in [4.69, 9.17) is 0 Å². The van der Waals surface area contributed by atoms with Crippen molar-refractivity contribution >= 4 is 0 Å². The highest BCUT2D eigenvalue weighted by Crippen LogP contribution is 2.37. The Hall–Kier alpha value is -0.780. The van der Waals surface area contributed by atoms with Gasteiger partial charge >= 0.3 is 0 Å². The average molecular weight is 162 g/mol. The molecule has 0 aromatic heterocycles. The van der Waals surface area contributed by atoms with Crippen LogP contribution in [0.1, 0.15) is 39.5 Å². The molecular formula is C12H18. The third-order valence-corrected chi connectivity index (χ3v) is 2.33. The molecule has 12 heavy (non-hydrogen) atoms. The molecule has 1 saturated carbocycles. The Kier molecular flexibility index (Phi) is 3.33. The lowest BCUT2D eigenvalue weighted by Gasteiger charge is -2.06. The topological polar surface area (TPSA) is 0 Å². The van der Waals surface area contributed by atoms with E-state index in [0.717, 1.165) is 0 Å². The third-order valence-electron chi connectivity index (χ3n) is 2.33. The van der Waals surface area contributed by atoms with Crippen molar-refractivity contribution in [3.63, 3.8) is 0 Å². The van der Waals surface area contributed by atoms with Gasteiger partial charge in [-0.15, -0.1) is 0 Å². The molecule has 0 aromatic carbocycles. The molecule has 66 valence electrons. The van der Waals surface area contributed by atoms with Crippen molar-refractivity contribution in [3.05, 3.63) is 35.5 Å². The second kappa shape index (κ2) is 4.30. The minimum atomic E-state index is 1.19. The minimum Gasteiger partial charge on any atom is -0.0952 e. The first-order valence-electron chi connectivity index (χ1n) is 4.95. The lowest BCUT2D eigenvalue weighted by Crippen LogP contribution is -1.86. The van der Waals surface area contributed by atoms with Gasteiger partial charge in [-0.05, 0) is 42.4 Å². The highest BCUT2D eigenvalue weighted by atomic mass is 14.2. The van der Waals surface area contributed by atoms with Crippen molar-refractivity contribution in [3.8, 4) is 0 Å². The molecule has 0 N–H and O–H groups in total. The summed E-state index contributed by atoms with van der Waals surface area (Å²) in [6, 6.07) is 0. The summed E-state index contributed by atoms with van der Waals surface area (Å²) < 4.78 is 0. The van der Waals surface area contributed by atoms with Gasteiger partial charge in [-0.2, -0.15) is 0 Å². The standard InChI is InChI=1S/C10H12.C2H6/c1-8-6-7-9-4-2-3-5-10(8)9;1-2/h4-5H,1-3,6-7H2;1-2H3. The molecule has 1 fully saturated rings. The first kappa shape index (κ1) is 9.31. The smallest absolute Gasteiger partial charge is 0.0235 e. The maximum atomic E-state index is 4.03. The van der Waals surface area contributed by atoms with Crippen LogP contribution in [-0.4, -0.2) is 0 Å². The Labute approximate surface area is 75.7 Å². The SMILES string of the molecule is C=C1CCC2=CCCC=C12.CC. The van der Waals surface area contributed by atoms with Crippen molar-refractivity contribution in [2.24, 2.45) is 0 Å². The van der Waals surface area contributed by atoms with E-state index in [1.165, 1.54) is 36.8 Å². The van der Waals surface area contributed by atoms with Gasteiger partial charge in [0.25, 0.3) is 0 Å². The van der Waals surface area contributed by atoms with Gasteiger partial charge < -0.3 is 0 Å². The predicted octanol–water partition coefficient (Wildman–Crippen LogP) is 4.01. The van der Waals surface area contributed by atoms with Crippen LogP contribution in [0.2, 0.25) is 0 Å². The van der Waals surface area contributed by atoms with Crippen LogP contribution in [0.25, 0.3) is 0 Å². The molecule has 0 amide bonds. The second-order valence-corrected chi connectivity index (χ2v) is 3.03. The van der Waals surface area contributed by atoms with Crippen LogP contribution in [-0.2, 0) is 0 Å². The van der Waals surface area contributed by atoms with E-state index in [1.807, 2.05) is 13.8 Å². The maximum Gasteiger partial charge on any atom is -0.0235 e. The zero-order valence-corrected chi connectivity index (χ0v) is 8.19. The third kappa shape index (κ3) is 1.69. The second-order valence-electron chi connectivity index (χ2n) is 3.03. The van der Waals surface area contributed by atoms with E-state index >= 15 is 0 Å². The van der Waals surface area contributed by atoms with Gasteiger partial charge in [-0.1, -0.05) is 32.6 Å². The number of fused-ring (bicyclic) bond motifs is 1. The summed E-state index contributed by atoms with van der Waals surface area (Å²) in [5, 5.41) is 0. The van der Waals surface area contributed by atoms with E-state index in [9.17, 15) is 0 Å². The molecule has 2 aliphatic rings. The predicted molar refractivity (Wildman–Crippen MR) is 55.1 cm³/mol. The molecule has 2 rings (SSSR count). The van der Waals surface area contributed by atoms with Crippen molar-refractivity contribution in [1.82, 2.24) is 0 Å². The molecule has 0 aromatic rings. The number of hydrogen-bond donors (Lipinski definition) is 0. The summed E-state index contributed by atoms with van der Waals surface area (Å²) in [6.07, 6.45) is 9.60. The van der Waals surface area contributed by atoms with E-state index in [0.29, 0.717) is 0 Å². The van der Waals surface area contributed by atoms with Gasteiger partial charge in [0.05, 0.1) is 0 Å². The molecule has 0 bridgehead atoms. The van der Waals surface area contributed by atoms with Crippen LogP contribution in [0.3, 0.4) is 0 Å². The fourth-order valence-electron chi connectivity index (χ4n) is 1.75. The molecule has 0 heterocycles. The largest absolute Gasteiger partial charge is 0.0952 e. The summed E-state index contributed by atoms with van der Waals surface area (Å²) >= 11 is 0. The fourth-order valence-corrected chi connectivity index (χ4v) is 1.75. The molecule has 2 aliphatic carbocycles. The van der Waals surface area contributed by atoms with Gasteiger partial charge in [0.1, 0.15) is 0 Å². The van der Waals surface area contributed by atoms with Gasteiger partial charge in [0.15, 0.2) is 0 Å². The van der Waals surface area contributed by atoms with E-state index < -0.39 is 0 Å². The van der Waals surface area contributed by atoms with Gasteiger partial charge in [-0.25, -0.2) is 0 Å². The summed E-state index contributed by atoms with van der Waals surface area (Å²) in [5.74, 6) is 0. The summed E-state index contributed by atoms with van der Waals surface area (Å²) in [6.45, 7) is 8.03. The summed E-state index contributed by atoms with van der Waals surface area (Å²) in [5.41, 5.74) is 4.37. The van der Waals surface area contributed by atoms with E-state index in [1.54, 1.807) is 5.57 Å². The molecule has 0 atom stereocenters. The molecule has 0 nitrogen and oxygen atoms in total. The van der Waals surface area contributed by atoms with Gasteiger partial charge in [0.2, 0.25) is 0 Å². The van der Waals surface area contributed by atoms with Crippen LogP contribution >= 0.6 is 0 Å². The maximum absolute atomic E-state index is 4.03. The Morgan fingerprint density at radius 3 is 2.42 bits per heavy atom. The number of rotatable bonds is 0. The first-order valence-corrected chi connectivity index (χ1v) is 4.95. The molecule has 0 radical (unpaired) electrons. The Morgan fingerprint density at radius 1 is 1.08 bits per heavy atom. The zero-order chi connectivity index (χ0) is 8.97.